The van der Waals surface area contributed by atoms with E-state index in [4.69, 9.17) is 23.7 Å². The molecule has 10 saturated heterocycles. The van der Waals surface area contributed by atoms with Crippen LogP contribution in [0.15, 0.2) is 0 Å². The van der Waals surface area contributed by atoms with Crippen molar-refractivity contribution in [3.8, 4) is 0 Å². The van der Waals surface area contributed by atoms with E-state index in [1.165, 1.54) is 64.2 Å². The van der Waals surface area contributed by atoms with Crippen LogP contribution in [0.5, 0.6) is 0 Å². The largest absolute Gasteiger partial charge is 0.349 e. The van der Waals surface area contributed by atoms with E-state index >= 15 is 0 Å². The average Bonchev–Trinajstić information content (AvgIpc) is 0.954. The molecule has 0 saturated carbocycles. The maximum atomic E-state index is 11.9. The first-order valence-corrected chi connectivity index (χ1v) is 49.0. The van der Waals surface area contributed by atoms with Gasteiger partial charge in [-0.2, -0.15) is 0 Å². The van der Waals surface area contributed by atoms with Gasteiger partial charge in [-0.25, -0.2) is 0 Å². The summed E-state index contributed by atoms with van der Waals surface area (Å²) in [6.45, 7) is 101. The highest BCUT2D eigenvalue weighted by Crippen LogP contribution is 2.81. The Labute approximate surface area is 637 Å². The van der Waals surface area contributed by atoms with Gasteiger partial charge in [-0.05, 0) is 164 Å². The summed E-state index contributed by atoms with van der Waals surface area (Å²) >= 11 is 0. The van der Waals surface area contributed by atoms with Crippen molar-refractivity contribution in [1.29, 1.82) is 0 Å². The fourth-order valence-electron chi connectivity index (χ4n) is 25.4. The molecule has 1 spiro atoms. The number of carbonyl (C=O) groups is 2. The van der Waals surface area contributed by atoms with E-state index in [9.17, 15) is 9.59 Å². The maximum absolute atomic E-state index is 11.9. The van der Waals surface area contributed by atoms with Crippen LogP contribution >= 0.6 is 47.5 Å². The van der Waals surface area contributed by atoms with Crippen molar-refractivity contribution < 1.29 is 33.3 Å². The van der Waals surface area contributed by atoms with Crippen molar-refractivity contribution in [2.75, 3.05) is 13.2 Å². The Morgan fingerprint density at radius 2 is 0.584 bits per heavy atom. The molecule has 10 aliphatic heterocycles. The highest BCUT2D eigenvalue weighted by Gasteiger charge is 2.73. The Balaban J connectivity index is 0.000000258. The van der Waals surface area contributed by atoms with E-state index < -0.39 is 19.5 Å². The van der Waals surface area contributed by atoms with E-state index in [0.717, 1.165) is 88.7 Å². The minimum atomic E-state index is -0.473. The van der Waals surface area contributed by atoms with Crippen LogP contribution in [0.1, 0.15) is 419 Å². The average molecular weight is 1530 g/mol. The minimum Gasteiger partial charge on any atom is -0.349 e. The van der Waals surface area contributed by atoms with Gasteiger partial charge < -0.3 is 23.7 Å². The molecule has 6 atom stereocenters. The molecule has 101 heavy (non-hydrogen) atoms. The van der Waals surface area contributed by atoms with Crippen molar-refractivity contribution in [3.05, 3.63) is 0 Å². The topological polar surface area (TPSA) is 80.3 Å². The molecule has 6 unspecified atom stereocenters. The molecule has 10 aliphatic rings. The quantitative estimate of drug-likeness (QED) is 0.255. The third kappa shape index (κ3) is 24.4. The van der Waals surface area contributed by atoms with Gasteiger partial charge in [0.05, 0.1) is 23.9 Å². The van der Waals surface area contributed by atoms with Gasteiger partial charge >= 0.3 is 0 Å². The molecule has 0 aromatic carbocycles. The minimum absolute atomic E-state index is 0.0966. The Kier molecular flexibility index (Phi) is 30.4. The molecule has 13 heteroatoms. The molecule has 0 N–H and O–H groups in total. The summed E-state index contributed by atoms with van der Waals surface area (Å²) in [6, 6.07) is 0. The van der Waals surface area contributed by atoms with Gasteiger partial charge in [0.1, 0.15) is 11.6 Å². The number of ether oxygens (including phenoxy) is 5. The summed E-state index contributed by atoms with van der Waals surface area (Å²) in [4.78, 5) is 23.8. The van der Waals surface area contributed by atoms with E-state index in [0.29, 0.717) is 58.0 Å². The first kappa shape index (κ1) is 95.1. The number of rotatable bonds is 2. The van der Waals surface area contributed by atoms with Crippen molar-refractivity contribution in [1.82, 2.24) is 0 Å². The van der Waals surface area contributed by atoms with Gasteiger partial charge in [0.15, 0.2) is 17.4 Å². The summed E-state index contributed by atoms with van der Waals surface area (Å²) in [5.74, 6) is -0.362. The predicted molar refractivity (Wildman–Crippen MR) is 459 cm³/mol. The molecule has 10 heterocycles. The molecule has 7 nitrogen and oxygen atoms in total. The van der Waals surface area contributed by atoms with Crippen LogP contribution in [-0.4, -0.2) is 136 Å². The number of hydrogen-bond donors (Lipinski definition) is 0. The van der Waals surface area contributed by atoms with Crippen LogP contribution in [0.3, 0.4) is 0 Å². The zero-order valence-electron chi connectivity index (χ0n) is 75.3. The molecule has 10 fully saturated rings. The monoisotopic (exact) mass is 1530 g/mol. The number of Topliss-reactive ketones (excluding diaryl/α,β-unsaturated/α-hetero) is 2. The predicted octanol–water partition coefficient (Wildman–Crippen LogP) is 29.3. The van der Waals surface area contributed by atoms with Crippen LogP contribution in [0.25, 0.3) is 0 Å². The molecular weight excluding hydrogens is 1350 g/mol. The maximum Gasteiger partial charge on any atom is 0.173 e. The summed E-state index contributed by atoms with van der Waals surface area (Å²) in [7, 11) is -0.602. The molecule has 0 aromatic rings. The molecule has 0 aromatic heterocycles. The second-order valence-electron chi connectivity index (χ2n) is 45.9. The molecule has 0 aliphatic carbocycles. The second-order valence-corrected chi connectivity index (χ2v) is 71.5. The lowest BCUT2D eigenvalue weighted by Crippen LogP contribution is -2.72. The number of carbonyl (C=O) groups excluding carboxylic acids is 2. The van der Waals surface area contributed by atoms with E-state index in [1.807, 2.05) is 0 Å². The molecule has 4 bridgehead atoms. The smallest absolute Gasteiger partial charge is 0.173 e. The highest BCUT2D eigenvalue weighted by molar-refractivity contribution is 7.64. The highest BCUT2D eigenvalue weighted by atomic mass is 31.1. The Morgan fingerprint density at radius 3 is 0.891 bits per heavy atom. The molecule has 0 amide bonds. The molecule has 10 rings (SSSR count). The summed E-state index contributed by atoms with van der Waals surface area (Å²) in [6.07, 6.45) is 23.3. The van der Waals surface area contributed by atoms with Gasteiger partial charge in [-0.15, -0.1) is 0 Å². The lowest BCUT2D eigenvalue weighted by molar-refractivity contribution is -0.468. The van der Waals surface area contributed by atoms with E-state index in [-0.39, 0.29) is 87.3 Å². The first-order chi connectivity index (χ1) is 44.6. The van der Waals surface area contributed by atoms with Gasteiger partial charge in [0.2, 0.25) is 0 Å². The second kappa shape index (κ2) is 32.3. The Bertz CT molecular complexity index is 2610. The van der Waals surface area contributed by atoms with Crippen LogP contribution in [0, 0.1) is 5.41 Å². The van der Waals surface area contributed by atoms with Gasteiger partial charge in [0.25, 0.3) is 0 Å². The standard InChI is InChI=1S/C18H35O2P.C15H29OP.C14H25O3P.C14H27OP.C14H29P.C13H27P/c1-14(2,3)21-16(6,7)10-18(11-17(21,8)9)19-12-15(4,5)13-20-18;1-13(2,3)17-14(4,5)10-8-9-12(16)11-15(17,6)7;1-10(2,3)18-13(6)8-11(4)15-12(5,17-13)9-14(18,7)16-11;1-12(2,3)16-13(4,5)9-8-11(15)10-14(16,6)7;1-12(2)15-13(3,4)10-8-7-9-11-14(15,5)6;1-11(2)14-12(3,4)9-7-8-10-13(14,5)6/h10-13H2,1-9H3;8-11H2,1-7H3;8-9H2,1-7H3;8-10H2,1-7H3;12H,7-11H2,1-6H3;11H,7-10H2,1-6H3. The molecule has 0 radical (unpaired) electrons. The van der Waals surface area contributed by atoms with E-state index in [2.05, 4.69) is 291 Å². The van der Waals surface area contributed by atoms with Crippen LogP contribution < -0.4 is 0 Å². The fraction of sp³-hybridized carbons (Fsp3) is 0.977. The number of ketones is 2. The van der Waals surface area contributed by atoms with Crippen LogP contribution in [-0.2, 0) is 33.3 Å². The fourth-order valence-corrected chi connectivity index (χ4v) is 59.2. The zero-order valence-corrected chi connectivity index (χ0v) is 80.6. The first-order valence-electron chi connectivity index (χ1n) is 40.8. The van der Waals surface area contributed by atoms with Gasteiger partial charge in [-0.1, -0.05) is 335 Å². The SMILES string of the molecule is CC(C)(C)P1C(C)(C)CCC(=O)CC1(C)C.CC(C)(C)P1C(C)(C)CCCC(=O)CC1(C)C.CC(C)P1C(C)(C)CCCCC1(C)C.CC(C)P1C(C)(C)CCCCCC1(C)C.CC1(C)COC2(CC(C)(C)P(C(C)(C)C)C(C)(C)C2)OC1.CC12CC3(C)OC(C)(CC(C)(O1)P3C(C)(C)C)O2. The summed E-state index contributed by atoms with van der Waals surface area (Å²) in [5.41, 5.74) is 1.90. The third-order valence-electron chi connectivity index (χ3n) is 23.8. The lowest BCUT2D eigenvalue weighted by Gasteiger charge is -2.71. The zero-order chi connectivity index (χ0) is 78.9. The summed E-state index contributed by atoms with van der Waals surface area (Å²) in [5, 5.41) is 5.03. The van der Waals surface area contributed by atoms with Gasteiger partial charge in [-0.3, -0.25) is 9.59 Å². The van der Waals surface area contributed by atoms with Crippen molar-refractivity contribution in [2.24, 2.45) is 5.41 Å². The molecule has 596 valence electrons. The van der Waals surface area contributed by atoms with E-state index in [1.54, 1.807) is 0 Å². The number of hydrogen-bond acceptors (Lipinski definition) is 7. The van der Waals surface area contributed by atoms with Gasteiger partial charge in [0, 0.05) is 56.8 Å². The van der Waals surface area contributed by atoms with Crippen LogP contribution in [0.2, 0.25) is 0 Å². The van der Waals surface area contributed by atoms with Crippen molar-refractivity contribution >= 4 is 59.1 Å². The van der Waals surface area contributed by atoms with Crippen molar-refractivity contribution in [3.63, 3.8) is 0 Å². The van der Waals surface area contributed by atoms with Crippen LogP contribution in [0.4, 0.5) is 0 Å². The Hall–Kier alpha value is 1.72. The van der Waals surface area contributed by atoms with Crippen molar-refractivity contribution in [2.45, 2.75) is 531 Å². The lowest BCUT2D eigenvalue weighted by atomic mass is 9.88. The normalized spacial score (nSPS) is 34.7. The molecular formula is C88H172O7P6. The third-order valence-corrected chi connectivity index (χ3v) is 48.1. The summed E-state index contributed by atoms with van der Waals surface area (Å²) < 4.78 is 31.5. The Morgan fingerprint density at radius 1 is 0.307 bits per heavy atom.